The zero-order valence-electron chi connectivity index (χ0n) is 13.7. The lowest BCUT2D eigenvalue weighted by Gasteiger charge is -2.17. The van der Waals surface area contributed by atoms with Crippen LogP contribution in [0.1, 0.15) is 33.2 Å². The Morgan fingerprint density at radius 2 is 1.68 bits per heavy atom. The number of rotatable bonds is 4. The summed E-state index contributed by atoms with van der Waals surface area (Å²) >= 11 is 6.10. The Morgan fingerprint density at radius 3 is 2.40 bits per heavy atom. The van der Waals surface area contributed by atoms with E-state index in [0.29, 0.717) is 21.8 Å². The van der Waals surface area contributed by atoms with Gasteiger partial charge in [-0.1, -0.05) is 60.1 Å². The Bertz CT molecular complexity index is 893. The van der Waals surface area contributed by atoms with E-state index in [-0.39, 0.29) is 5.91 Å². The number of nitrogens with one attached hydrogen (secondary N) is 1. The predicted octanol–water partition coefficient (Wildman–Crippen LogP) is 4.98. The molecule has 2 N–H and O–H groups in total. The molecular weight excluding hydrogens is 334 g/mol. The molecule has 25 heavy (non-hydrogen) atoms. The van der Waals surface area contributed by atoms with Crippen molar-refractivity contribution in [2.45, 2.75) is 13.0 Å². The van der Waals surface area contributed by atoms with Crippen LogP contribution in [-0.2, 0) is 0 Å². The number of amides is 1. The molecule has 0 bridgehead atoms. The minimum atomic E-state index is -0.882. The van der Waals surface area contributed by atoms with Gasteiger partial charge in [0.15, 0.2) is 0 Å². The zero-order chi connectivity index (χ0) is 17.8. The summed E-state index contributed by atoms with van der Waals surface area (Å²) in [5, 5.41) is 14.1. The summed E-state index contributed by atoms with van der Waals surface area (Å²) < 4.78 is 0. The first-order chi connectivity index (χ1) is 12.1. The number of hydrogen-bond donors (Lipinski definition) is 2. The number of aryl methyl sites for hydroxylation is 1. The first-order valence-electron chi connectivity index (χ1n) is 7.95. The molecule has 0 aliphatic carbocycles. The maximum absolute atomic E-state index is 12.6. The normalized spacial score (nSPS) is 11.8. The van der Waals surface area contributed by atoms with Gasteiger partial charge in [-0.05, 0) is 42.3 Å². The molecule has 3 aromatic rings. The molecule has 0 heterocycles. The molecule has 0 aliphatic heterocycles. The average molecular weight is 352 g/mol. The van der Waals surface area contributed by atoms with Crippen molar-refractivity contribution in [3.8, 4) is 0 Å². The van der Waals surface area contributed by atoms with Crippen LogP contribution >= 0.6 is 11.6 Å². The van der Waals surface area contributed by atoms with Crippen LogP contribution in [0.5, 0.6) is 0 Å². The van der Waals surface area contributed by atoms with E-state index in [0.717, 1.165) is 11.1 Å². The standard InChI is InChI=1S/C21H18ClNO2/c1-14-7-5-6-10-17(14)21(25)23-19-12-11-16(22)13-18(19)20(24)15-8-3-2-4-9-15/h2-13,20,24H,1H3,(H,23,25). The molecule has 0 spiro atoms. The monoisotopic (exact) mass is 351 g/mol. The van der Waals surface area contributed by atoms with Gasteiger partial charge in [-0.25, -0.2) is 0 Å². The molecule has 1 amide bonds. The van der Waals surface area contributed by atoms with Gasteiger partial charge in [0.1, 0.15) is 6.10 Å². The second-order valence-electron chi connectivity index (χ2n) is 5.81. The highest BCUT2D eigenvalue weighted by Crippen LogP contribution is 2.31. The highest BCUT2D eigenvalue weighted by Gasteiger charge is 2.17. The molecule has 0 fully saturated rings. The molecule has 3 rings (SSSR count). The van der Waals surface area contributed by atoms with Crippen molar-refractivity contribution in [3.05, 3.63) is 100 Å². The van der Waals surface area contributed by atoms with E-state index in [4.69, 9.17) is 11.6 Å². The fourth-order valence-electron chi connectivity index (χ4n) is 2.71. The lowest BCUT2D eigenvalue weighted by Crippen LogP contribution is -2.15. The Morgan fingerprint density at radius 1 is 1.00 bits per heavy atom. The molecule has 0 saturated carbocycles. The van der Waals surface area contributed by atoms with Crippen molar-refractivity contribution >= 4 is 23.2 Å². The summed E-state index contributed by atoms with van der Waals surface area (Å²) in [5.74, 6) is -0.220. The van der Waals surface area contributed by atoms with Crippen molar-refractivity contribution in [3.63, 3.8) is 0 Å². The van der Waals surface area contributed by atoms with Crippen LogP contribution in [0.3, 0.4) is 0 Å². The molecule has 3 nitrogen and oxygen atoms in total. The summed E-state index contributed by atoms with van der Waals surface area (Å²) in [4.78, 5) is 12.6. The first-order valence-corrected chi connectivity index (χ1v) is 8.33. The maximum Gasteiger partial charge on any atom is 0.255 e. The van der Waals surface area contributed by atoms with Crippen LogP contribution in [0.15, 0.2) is 72.8 Å². The van der Waals surface area contributed by atoms with Gasteiger partial charge >= 0.3 is 0 Å². The third-order valence-corrected chi connectivity index (χ3v) is 4.30. The molecule has 0 radical (unpaired) electrons. The third kappa shape index (κ3) is 3.90. The van der Waals surface area contributed by atoms with Crippen molar-refractivity contribution < 1.29 is 9.90 Å². The van der Waals surface area contributed by atoms with Gasteiger partial charge < -0.3 is 10.4 Å². The fourth-order valence-corrected chi connectivity index (χ4v) is 2.89. The molecule has 0 aliphatic rings. The first kappa shape index (κ1) is 17.2. The van der Waals surface area contributed by atoms with Gasteiger partial charge in [-0.2, -0.15) is 0 Å². The smallest absolute Gasteiger partial charge is 0.255 e. The summed E-state index contributed by atoms with van der Waals surface area (Å²) in [6.07, 6.45) is -0.882. The molecule has 1 atom stereocenters. The second kappa shape index (κ2) is 7.51. The molecule has 126 valence electrons. The van der Waals surface area contributed by atoms with Crippen LogP contribution < -0.4 is 5.32 Å². The highest BCUT2D eigenvalue weighted by atomic mass is 35.5. The molecule has 1 unspecified atom stereocenters. The third-order valence-electron chi connectivity index (χ3n) is 4.06. The maximum atomic E-state index is 12.6. The quantitative estimate of drug-likeness (QED) is 0.696. The Kier molecular flexibility index (Phi) is 5.17. The fraction of sp³-hybridized carbons (Fsp3) is 0.0952. The van der Waals surface area contributed by atoms with Crippen molar-refractivity contribution in [1.29, 1.82) is 0 Å². The lowest BCUT2D eigenvalue weighted by atomic mass is 9.99. The number of benzene rings is 3. The summed E-state index contributed by atoms with van der Waals surface area (Å²) in [6, 6.07) is 21.7. The predicted molar refractivity (Wildman–Crippen MR) is 101 cm³/mol. The van der Waals surface area contributed by atoms with Gasteiger partial charge in [0.05, 0.1) is 0 Å². The van der Waals surface area contributed by atoms with Gasteiger partial charge in [0.2, 0.25) is 0 Å². The number of aliphatic hydroxyl groups excluding tert-OH is 1. The van der Waals surface area contributed by atoms with Gasteiger partial charge in [0, 0.05) is 21.8 Å². The van der Waals surface area contributed by atoms with E-state index in [9.17, 15) is 9.90 Å². The summed E-state index contributed by atoms with van der Waals surface area (Å²) in [7, 11) is 0. The average Bonchev–Trinajstić information content (AvgIpc) is 2.63. The molecule has 4 heteroatoms. The Labute approximate surface area is 151 Å². The highest BCUT2D eigenvalue weighted by molar-refractivity contribution is 6.30. The molecule has 3 aromatic carbocycles. The van der Waals surface area contributed by atoms with E-state index in [1.54, 1.807) is 24.3 Å². The van der Waals surface area contributed by atoms with Crippen LogP contribution in [0.4, 0.5) is 5.69 Å². The molecule has 0 aromatic heterocycles. The van der Waals surface area contributed by atoms with Crippen LogP contribution in [0, 0.1) is 6.92 Å². The van der Waals surface area contributed by atoms with Crippen LogP contribution in [-0.4, -0.2) is 11.0 Å². The SMILES string of the molecule is Cc1ccccc1C(=O)Nc1ccc(Cl)cc1C(O)c1ccccc1. The van der Waals surface area contributed by atoms with Crippen LogP contribution in [0.25, 0.3) is 0 Å². The van der Waals surface area contributed by atoms with Crippen LogP contribution in [0.2, 0.25) is 5.02 Å². The van der Waals surface area contributed by atoms with E-state index in [1.165, 1.54) is 0 Å². The number of carbonyl (C=O) groups is 1. The van der Waals surface area contributed by atoms with E-state index in [1.807, 2.05) is 55.5 Å². The Balaban J connectivity index is 1.95. The number of carbonyl (C=O) groups excluding carboxylic acids is 1. The van der Waals surface area contributed by atoms with Crippen molar-refractivity contribution in [2.24, 2.45) is 0 Å². The van der Waals surface area contributed by atoms with Gasteiger partial charge in [-0.15, -0.1) is 0 Å². The Hall–Kier alpha value is -2.62. The number of aliphatic hydroxyl groups is 1. The number of anilines is 1. The zero-order valence-corrected chi connectivity index (χ0v) is 14.5. The van der Waals surface area contributed by atoms with Gasteiger partial charge in [0.25, 0.3) is 5.91 Å². The van der Waals surface area contributed by atoms with Crippen molar-refractivity contribution in [2.75, 3.05) is 5.32 Å². The van der Waals surface area contributed by atoms with Gasteiger partial charge in [-0.3, -0.25) is 4.79 Å². The molecular formula is C21H18ClNO2. The lowest BCUT2D eigenvalue weighted by molar-refractivity contribution is 0.102. The second-order valence-corrected chi connectivity index (χ2v) is 6.25. The largest absolute Gasteiger partial charge is 0.384 e. The number of hydrogen-bond acceptors (Lipinski definition) is 2. The topological polar surface area (TPSA) is 49.3 Å². The minimum absolute atomic E-state index is 0.220. The molecule has 0 saturated heterocycles. The van der Waals surface area contributed by atoms with E-state index in [2.05, 4.69) is 5.32 Å². The van der Waals surface area contributed by atoms with Crippen molar-refractivity contribution in [1.82, 2.24) is 0 Å². The number of halogens is 1. The van der Waals surface area contributed by atoms with E-state index < -0.39 is 6.10 Å². The minimum Gasteiger partial charge on any atom is -0.384 e. The summed E-state index contributed by atoms with van der Waals surface area (Å²) in [5.41, 5.74) is 3.31. The summed E-state index contributed by atoms with van der Waals surface area (Å²) in [6.45, 7) is 1.89. The van der Waals surface area contributed by atoms with E-state index >= 15 is 0 Å².